The van der Waals surface area contributed by atoms with E-state index >= 15 is 0 Å². The molecule has 0 amide bonds. The maximum atomic E-state index is 4.70. The number of nitrogens with zero attached hydrogens (tertiary/aromatic N) is 3. The van der Waals surface area contributed by atoms with Gasteiger partial charge in [0, 0.05) is 44.2 Å². The summed E-state index contributed by atoms with van der Waals surface area (Å²) in [5, 5.41) is 2.66. The number of hydrazine groups is 1. The lowest BCUT2D eigenvalue weighted by Gasteiger charge is -2.36. The van der Waals surface area contributed by atoms with E-state index in [1.807, 2.05) is 6.20 Å². The lowest BCUT2D eigenvalue weighted by atomic mass is 9.83. The van der Waals surface area contributed by atoms with Crippen molar-refractivity contribution in [1.29, 1.82) is 0 Å². The fourth-order valence-electron chi connectivity index (χ4n) is 4.78. The number of fused-ring (bicyclic) bond motifs is 2. The van der Waals surface area contributed by atoms with Crippen LogP contribution in [-0.2, 0) is 13.0 Å². The molecule has 5 rings (SSSR count). The van der Waals surface area contributed by atoms with E-state index < -0.39 is 0 Å². The second-order valence-electron chi connectivity index (χ2n) is 7.95. The van der Waals surface area contributed by atoms with Crippen molar-refractivity contribution in [2.45, 2.75) is 38.4 Å². The van der Waals surface area contributed by atoms with E-state index in [0.717, 1.165) is 44.0 Å². The molecule has 0 aliphatic carbocycles. The summed E-state index contributed by atoms with van der Waals surface area (Å²) < 4.78 is 0. The molecule has 3 heterocycles. The van der Waals surface area contributed by atoms with Crippen LogP contribution in [-0.4, -0.2) is 34.0 Å². The minimum Gasteiger partial charge on any atom is -0.297 e. The van der Waals surface area contributed by atoms with Crippen LogP contribution in [0.3, 0.4) is 0 Å². The van der Waals surface area contributed by atoms with Gasteiger partial charge in [-0.05, 0) is 28.8 Å². The molecule has 28 heavy (non-hydrogen) atoms. The molecule has 0 radical (unpaired) electrons. The summed E-state index contributed by atoms with van der Waals surface area (Å²) in [4.78, 5) is 11.6. The van der Waals surface area contributed by atoms with Crippen LogP contribution in [0.2, 0.25) is 0 Å². The highest BCUT2D eigenvalue weighted by Crippen LogP contribution is 2.36. The van der Waals surface area contributed by atoms with Gasteiger partial charge in [0.05, 0.1) is 11.7 Å². The third-order valence-corrected chi connectivity index (χ3v) is 6.22. The van der Waals surface area contributed by atoms with Crippen LogP contribution in [0.4, 0.5) is 0 Å². The molecule has 0 spiro atoms. The summed E-state index contributed by atoms with van der Waals surface area (Å²) in [5.41, 5.74) is 9.71. The molecular formula is C23H27N5. The Morgan fingerprint density at radius 3 is 2.89 bits per heavy atom. The minimum atomic E-state index is 0.329. The molecule has 144 valence electrons. The highest BCUT2D eigenvalue weighted by atomic mass is 15.4. The summed E-state index contributed by atoms with van der Waals surface area (Å²) in [7, 11) is 0. The zero-order valence-corrected chi connectivity index (χ0v) is 16.3. The van der Waals surface area contributed by atoms with Crippen molar-refractivity contribution < 1.29 is 0 Å². The van der Waals surface area contributed by atoms with E-state index in [9.17, 15) is 0 Å². The first kappa shape index (κ1) is 17.7. The SMILES string of the molecule is CCc1nccc(CN2CCC3NNC(c4cccc5ccccc45)C3C2)n1. The largest absolute Gasteiger partial charge is 0.297 e. The second kappa shape index (κ2) is 7.59. The predicted octanol–water partition coefficient (Wildman–Crippen LogP) is 3.23. The van der Waals surface area contributed by atoms with Crippen molar-refractivity contribution in [3.05, 3.63) is 71.8 Å². The number of aromatic nitrogens is 2. The normalized spacial score (nSPS) is 25.1. The number of aryl methyl sites for hydroxylation is 1. The molecule has 2 aliphatic rings. The van der Waals surface area contributed by atoms with E-state index in [0.29, 0.717) is 18.0 Å². The fourth-order valence-corrected chi connectivity index (χ4v) is 4.78. The summed E-state index contributed by atoms with van der Waals surface area (Å²) in [5.74, 6) is 1.48. The Morgan fingerprint density at radius 1 is 1.07 bits per heavy atom. The van der Waals surface area contributed by atoms with Crippen LogP contribution >= 0.6 is 0 Å². The molecule has 1 aromatic heterocycles. The van der Waals surface area contributed by atoms with Crippen molar-refractivity contribution in [2.75, 3.05) is 13.1 Å². The molecule has 3 atom stereocenters. The van der Waals surface area contributed by atoms with Gasteiger partial charge < -0.3 is 0 Å². The van der Waals surface area contributed by atoms with Crippen LogP contribution < -0.4 is 10.9 Å². The van der Waals surface area contributed by atoms with Crippen LogP contribution in [0.5, 0.6) is 0 Å². The molecule has 3 unspecified atom stereocenters. The highest BCUT2D eigenvalue weighted by Gasteiger charge is 2.40. The van der Waals surface area contributed by atoms with Gasteiger partial charge >= 0.3 is 0 Å². The molecule has 5 nitrogen and oxygen atoms in total. The van der Waals surface area contributed by atoms with Gasteiger partial charge in [0.15, 0.2) is 0 Å². The van der Waals surface area contributed by atoms with E-state index in [1.54, 1.807) is 0 Å². The van der Waals surface area contributed by atoms with Gasteiger partial charge in [-0.3, -0.25) is 10.3 Å². The molecule has 2 aliphatic heterocycles. The number of piperidine rings is 1. The van der Waals surface area contributed by atoms with Gasteiger partial charge in [-0.25, -0.2) is 15.4 Å². The third-order valence-electron chi connectivity index (χ3n) is 6.22. The molecule has 0 saturated carbocycles. The van der Waals surface area contributed by atoms with E-state index in [2.05, 4.69) is 76.2 Å². The van der Waals surface area contributed by atoms with Crippen molar-refractivity contribution in [3.8, 4) is 0 Å². The summed E-state index contributed by atoms with van der Waals surface area (Å²) in [6.45, 7) is 5.18. The van der Waals surface area contributed by atoms with Crippen LogP contribution in [0.15, 0.2) is 54.7 Å². The predicted molar refractivity (Wildman–Crippen MR) is 112 cm³/mol. The van der Waals surface area contributed by atoms with Gasteiger partial charge in [0.1, 0.15) is 5.82 Å². The zero-order valence-electron chi connectivity index (χ0n) is 16.3. The van der Waals surface area contributed by atoms with Gasteiger partial charge in [-0.1, -0.05) is 49.4 Å². The maximum absolute atomic E-state index is 4.70. The Balaban J connectivity index is 1.38. The lowest BCUT2D eigenvalue weighted by Crippen LogP contribution is -2.45. The van der Waals surface area contributed by atoms with Crippen molar-refractivity contribution in [2.24, 2.45) is 5.92 Å². The standard InChI is InChI=1S/C23H27N5/c1-2-22-24-12-10-17(25-22)14-28-13-11-21-20(15-28)23(27-26-21)19-9-5-7-16-6-3-4-8-18(16)19/h3-10,12,20-21,23,26-27H,2,11,13-15H2,1H3. The zero-order chi connectivity index (χ0) is 18.9. The Kier molecular flexibility index (Phi) is 4.81. The van der Waals surface area contributed by atoms with Crippen molar-refractivity contribution in [1.82, 2.24) is 25.7 Å². The number of rotatable bonds is 4. The Hall–Kier alpha value is -2.34. The summed E-state index contributed by atoms with van der Waals surface area (Å²) in [6.07, 6.45) is 3.94. The molecule has 5 heteroatoms. The molecule has 3 aromatic rings. The molecule has 2 fully saturated rings. The number of hydrogen-bond acceptors (Lipinski definition) is 5. The van der Waals surface area contributed by atoms with Gasteiger partial charge in [0.25, 0.3) is 0 Å². The van der Waals surface area contributed by atoms with Crippen molar-refractivity contribution >= 4 is 10.8 Å². The fraction of sp³-hybridized carbons (Fsp3) is 0.391. The quantitative estimate of drug-likeness (QED) is 0.735. The molecular weight excluding hydrogens is 346 g/mol. The van der Waals surface area contributed by atoms with Gasteiger partial charge in [0.2, 0.25) is 0 Å². The maximum Gasteiger partial charge on any atom is 0.128 e. The first-order valence-electron chi connectivity index (χ1n) is 10.3. The van der Waals surface area contributed by atoms with E-state index in [4.69, 9.17) is 4.98 Å². The molecule has 2 N–H and O–H groups in total. The number of benzene rings is 2. The average Bonchev–Trinajstić information content (AvgIpc) is 3.16. The first-order valence-corrected chi connectivity index (χ1v) is 10.3. The average molecular weight is 374 g/mol. The van der Waals surface area contributed by atoms with E-state index in [1.165, 1.54) is 16.3 Å². The van der Waals surface area contributed by atoms with Crippen molar-refractivity contribution in [3.63, 3.8) is 0 Å². The minimum absolute atomic E-state index is 0.329. The number of likely N-dealkylation sites (tertiary alicyclic amines) is 1. The summed E-state index contributed by atoms with van der Waals surface area (Å²) in [6, 6.07) is 18.3. The summed E-state index contributed by atoms with van der Waals surface area (Å²) >= 11 is 0. The second-order valence-corrected chi connectivity index (χ2v) is 7.95. The van der Waals surface area contributed by atoms with E-state index in [-0.39, 0.29) is 0 Å². The molecule has 0 bridgehead atoms. The number of nitrogens with one attached hydrogen (secondary N) is 2. The lowest BCUT2D eigenvalue weighted by molar-refractivity contribution is 0.147. The number of hydrogen-bond donors (Lipinski definition) is 2. The monoisotopic (exact) mass is 373 g/mol. The highest BCUT2D eigenvalue weighted by molar-refractivity contribution is 5.86. The van der Waals surface area contributed by atoms with Gasteiger partial charge in [-0.15, -0.1) is 0 Å². The Labute approximate surface area is 166 Å². The first-order chi connectivity index (χ1) is 13.8. The van der Waals surface area contributed by atoms with Crippen LogP contribution in [0.1, 0.15) is 36.5 Å². The Bertz CT molecular complexity index is 967. The Morgan fingerprint density at radius 2 is 1.96 bits per heavy atom. The van der Waals surface area contributed by atoms with Gasteiger partial charge in [-0.2, -0.15) is 0 Å². The topological polar surface area (TPSA) is 53.1 Å². The smallest absolute Gasteiger partial charge is 0.128 e. The van der Waals surface area contributed by atoms with Crippen LogP contribution in [0, 0.1) is 5.92 Å². The molecule has 2 saturated heterocycles. The molecule has 2 aromatic carbocycles. The van der Waals surface area contributed by atoms with Crippen LogP contribution in [0.25, 0.3) is 10.8 Å². The third kappa shape index (κ3) is 3.30.